The Morgan fingerprint density at radius 3 is 2.85 bits per heavy atom. The van der Waals surface area contributed by atoms with E-state index in [0.29, 0.717) is 41.0 Å². The van der Waals surface area contributed by atoms with Crippen LogP contribution in [0.3, 0.4) is 0 Å². The quantitative estimate of drug-likeness (QED) is 0.501. The van der Waals surface area contributed by atoms with Crippen molar-refractivity contribution in [1.29, 1.82) is 0 Å². The number of aryl methyl sites for hydroxylation is 1. The van der Waals surface area contributed by atoms with Crippen LogP contribution in [-0.2, 0) is 13.1 Å². The van der Waals surface area contributed by atoms with Crippen molar-refractivity contribution in [2.24, 2.45) is 5.73 Å². The van der Waals surface area contributed by atoms with Gasteiger partial charge in [0.2, 0.25) is 5.95 Å². The summed E-state index contributed by atoms with van der Waals surface area (Å²) in [4.78, 5) is 13.5. The summed E-state index contributed by atoms with van der Waals surface area (Å²) < 4.78 is 1.94. The maximum atomic E-state index is 9.99. The lowest BCUT2D eigenvalue weighted by Crippen LogP contribution is -2.26. The van der Waals surface area contributed by atoms with Gasteiger partial charge in [0.05, 0.1) is 6.33 Å². The van der Waals surface area contributed by atoms with Crippen LogP contribution >= 0.6 is 11.6 Å². The van der Waals surface area contributed by atoms with Gasteiger partial charge in [0, 0.05) is 36.3 Å². The summed E-state index contributed by atoms with van der Waals surface area (Å²) >= 11 is 6.01. The molecule has 0 aliphatic carbocycles. The van der Waals surface area contributed by atoms with E-state index in [-0.39, 0.29) is 11.8 Å². The van der Waals surface area contributed by atoms with Gasteiger partial charge in [0.25, 0.3) is 0 Å². The molecular formula is C17H22ClN7O. The van der Waals surface area contributed by atoms with Crippen molar-refractivity contribution < 1.29 is 5.11 Å². The van der Waals surface area contributed by atoms with Gasteiger partial charge in [-0.05, 0) is 32.0 Å². The number of phenolic OH excluding ortho intramolecular Hbond substituents is 1. The molecule has 0 radical (unpaired) electrons. The number of imidazole rings is 1. The first-order chi connectivity index (χ1) is 12.5. The summed E-state index contributed by atoms with van der Waals surface area (Å²) in [7, 11) is 0. The van der Waals surface area contributed by atoms with E-state index < -0.39 is 0 Å². The predicted molar refractivity (Wildman–Crippen MR) is 104 cm³/mol. The van der Waals surface area contributed by atoms with Gasteiger partial charge in [-0.25, -0.2) is 4.98 Å². The molecule has 2 aromatic heterocycles. The van der Waals surface area contributed by atoms with Crippen LogP contribution < -0.4 is 16.4 Å². The molecule has 138 valence electrons. The number of hydrogen-bond donors (Lipinski definition) is 4. The Labute approximate surface area is 156 Å². The van der Waals surface area contributed by atoms with Crippen LogP contribution in [0, 0.1) is 0 Å². The second-order valence-electron chi connectivity index (χ2n) is 6.08. The minimum absolute atomic E-state index is 0.0230. The zero-order valence-corrected chi connectivity index (χ0v) is 15.5. The highest BCUT2D eigenvalue weighted by molar-refractivity contribution is 6.30. The zero-order chi connectivity index (χ0) is 18.7. The van der Waals surface area contributed by atoms with Crippen molar-refractivity contribution in [3.05, 3.63) is 35.1 Å². The minimum atomic E-state index is -0.0230. The molecule has 3 rings (SSSR count). The lowest BCUT2D eigenvalue weighted by atomic mass is 10.2. The van der Waals surface area contributed by atoms with Crippen LogP contribution in [0.4, 0.5) is 11.8 Å². The summed E-state index contributed by atoms with van der Waals surface area (Å²) in [5, 5.41) is 16.9. The van der Waals surface area contributed by atoms with Gasteiger partial charge in [-0.1, -0.05) is 11.6 Å². The Bertz CT molecular complexity index is 910. The number of nitrogens with two attached hydrogens (primary N) is 1. The highest BCUT2D eigenvalue weighted by atomic mass is 35.5. The van der Waals surface area contributed by atoms with Crippen LogP contribution in [0.15, 0.2) is 24.5 Å². The topological polar surface area (TPSA) is 114 Å². The van der Waals surface area contributed by atoms with Crippen molar-refractivity contribution in [2.75, 3.05) is 17.2 Å². The molecule has 0 spiro atoms. The summed E-state index contributed by atoms with van der Waals surface area (Å²) in [6, 6.07) is 4.89. The molecule has 0 bridgehead atoms. The number of benzene rings is 1. The molecule has 3 aromatic rings. The third kappa shape index (κ3) is 3.97. The van der Waals surface area contributed by atoms with Crippen molar-refractivity contribution in [2.45, 2.75) is 33.0 Å². The van der Waals surface area contributed by atoms with Gasteiger partial charge < -0.3 is 26.0 Å². The molecule has 9 heteroatoms. The average molecular weight is 376 g/mol. The fourth-order valence-electron chi connectivity index (χ4n) is 2.50. The molecule has 26 heavy (non-hydrogen) atoms. The second kappa shape index (κ2) is 7.76. The smallest absolute Gasteiger partial charge is 0.226 e. The van der Waals surface area contributed by atoms with E-state index in [0.717, 1.165) is 12.2 Å². The maximum absolute atomic E-state index is 9.99. The number of hydrogen-bond acceptors (Lipinski definition) is 7. The van der Waals surface area contributed by atoms with Crippen LogP contribution in [0.2, 0.25) is 5.02 Å². The van der Waals surface area contributed by atoms with E-state index in [1.54, 1.807) is 24.5 Å². The molecule has 2 heterocycles. The lowest BCUT2D eigenvalue weighted by Gasteiger charge is -2.12. The average Bonchev–Trinajstić information content (AvgIpc) is 3.03. The summed E-state index contributed by atoms with van der Waals surface area (Å²) in [6.07, 6.45) is 1.73. The van der Waals surface area contributed by atoms with Crippen LogP contribution in [0.5, 0.6) is 5.75 Å². The van der Waals surface area contributed by atoms with E-state index in [1.807, 2.05) is 18.4 Å². The molecular weight excluding hydrogens is 354 g/mol. The van der Waals surface area contributed by atoms with Crippen molar-refractivity contribution in [1.82, 2.24) is 19.5 Å². The molecule has 0 aliphatic rings. The SMILES string of the molecule is CCn1cnc2c(NCc3cc(Cl)ccc3O)nc(NCC(C)N)nc21. The number of fused-ring (bicyclic) bond motifs is 1. The molecule has 5 N–H and O–H groups in total. The molecule has 0 fully saturated rings. The van der Waals surface area contributed by atoms with Gasteiger partial charge >= 0.3 is 0 Å². The van der Waals surface area contributed by atoms with Gasteiger partial charge in [-0.3, -0.25) is 0 Å². The number of nitrogens with zero attached hydrogens (tertiary/aromatic N) is 4. The van der Waals surface area contributed by atoms with E-state index in [2.05, 4.69) is 25.6 Å². The lowest BCUT2D eigenvalue weighted by molar-refractivity contribution is 0.469. The molecule has 0 saturated carbocycles. The monoisotopic (exact) mass is 375 g/mol. The largest absolute Gasteiger partial charge is 0.508 e. The third-order valence-electron chi connectivity index (χ3n) is 3.87. The standard InChI is InChI=1S/C17H22ClN7O/c1-3-25-9-22-14-15(20-8-11-6-12(18)4-5-13(11)26)23-17(24-16(14)25)21-7-10(2)19/h4-6,9-10,26H,3,7-8,19H2,1-2H3,(H2,20,21,23,24). The van der Waals surface area contributed by atoms with Crippen LogP contribution in [0.1, 0.15) is 19.4 Å². The molecule has 8 nitrogen and oxygen atoms in total. The third-order valence-corrected chi connectivity index (χ3v) is 4.11. The number of nitrogens with one attached hydrogen (secondary N) is 2. The van der Waals surface area contributed by atoms with Gasteiger partial charge in [0.1, 0.15) is 5.75 Å². The second-order valence-corrected chi connectivity index (χ2v) is 6.52. The van der Waals surface area contributed by atoms with Crippen LogP contribution in [-0.4, -0.2) is 37.2 Å². The van der Waals surface area contributed by atoms with Gasteiger partial charge in [-0.15, -0.1) is 0 Å². The first-order valence-corrected chi connectivity index (χ1v) is 8.79. The number of aromatic nitrogens is 4. The fraction of sp³-hybridized carbons (Fsp3) is 0.353. The summed E-state index contributed by atoms with van der Waals surface area (Å²) in [6.45, 7) is 5.58. The normalized spacial score (nSPS) is 12.3. The maximum Gasteiger partial charge on any atom is 0.226 e. The first-order valence-electron chi connectivity index (χ1n) is 8.41. The number of aromatic hydroxyl groups is 1. The van der Waals surface area contributed by atoms with Crippen molar-refractivity contribution in [3.8, 4) is 5.75 Å². The Kier molecular flexibility index (Phi) is 5.43. The molecule has 1 atom stereocenters. The Balaban J connectivity index is 1.92. The van der Waals surface area contributed by atoms with E-state index in [1.165, 1.54) is 0 Å². The van der Waals surface area contributed by atoms with Gasteiger partial charge in [0.15, 0.2) is 17.0 Å². The first kappa shape index (κ1) is 18.2. The van der Waals surface area contributed by atoms with E-state index in [9.17, 15) is 5.11 Å². The van der Waals surface area contributed by atoms with E-state index in [4.69, 9.17) is 17.3 Å². The molecule has 0 saturated heterocycles. The molecule has 0 aliphatic heterocycles. The van der Waals surface area contributed by atoms with Crippen molar-refractivity contribution >= 4 is 34.5 Å². The predicted octanol–water partition coefficient (Wildman–Crippen LogP) is 2.58. The Hall–Kier alpha value is -2.58. The number of halogens is 1. The number of phenols is 1. The molecule has 0 amide bonds. The Morgan fingerprint density at radius 1 is 1.31 bits per heavy atom. The minimum Gasteiger partial charge on any atom is -0.508 e. The number of anilines is 2. The summed E-state index contributed by atoms with van der Waals surface area (Å²) in [5.74, 6) is 1.22. The number of rotatable bonds is 7. The zero-order valence-electron chi connectivity index (χ0n) is 14.7. The highest BCUT2D eigenvalue weighted by Gasteiger charge is 2.14. The van der Waals surface area contributed by atoms with Gasteiger partial charge in [-0.2, -0.15) is 9.97 Å². The Morgan fingerprint density at radius 2 is 2.12 bits per heavy atom. The highest BCUT2D eigenvalue weighted by Crippen LogP contribution is 2.25. The molecule has 1 aromatic carbocycles. The fourth-order valence-corrected chi connectivity index (χ4v) is 2.70. The van der Waals surface area contributed by atoms with E-state index >= 15 is 0 Å². The van der Waals surface area contributed by atoms with Crippen molar-refractivity contribution in [3.63, 3.8) is 0 Å². The molecule has 1 unspecified atom stereocenters. The van der Waals surface area contributed by atoms with Crippen LogP contribution in [0.25, 0.3) is 11.2 Å². The summed E-state index contributed by atoms with van der Waals surface area (Å²) in [5.41, 5.74) is 7.87.